The summed E-state index contributed by atoms with van der Waals surface area (Å²) in [5, 5.41) is 5.92. The normalized spacial score (nSPS) is 14.3. The van der Waals surface area contributed by atoms with Crippen LogP contribution in [0.2, 0.25) is 5.02 Å². The highest BCUT2D eigenvalue weighted by Crippen LogP contribution is 2.38. The molecule has 1 aliphatic rings. The summed E-state index contributed by atoms with van der Waals surface area (Å²) < 4.78 is 18.3. The maximum absolute atomic E-state index is 14.2. The molecule has 43 heavy (non-hydrogen) atoms. The molecule has 226 valence electrons. The lowest BCUT2D eigenvalue weighted by Crippen LogP contribution is -2.55. The number of ether oxygens (including phenoxy) is 3. The van der Waals surface area contributed by atoms with Crippen LogP contribution in [0.15, 0.2) is 65.5 Å². The van der Waals surface area contributed by atoms with Crippen molar-refractivity contribution in [1.29, 1.82) is 0 Å². The fourth-order valence-electron chi connectivity index (χ4n) is 5.20. The molecule has 1 saturated heterocycles. The Kier molecular flexibility index (Phi) is 8.93. The average Bonchev–Trinajstić information content (AvgIpc) is 3.02. The maximum atomic E-state index is 14.2. The molecular weight excluding hydrogens is 572 g/mol. The SMILES string of the molecule is COc1ccc(N(C(=O)Nc2ccc(Cl)cc2)C(C)c2nc3c(OC)cccc3c(=O)n2N2CCN(C)CC2)c(OC)c1. The van der Waals surface area contributed by atoms with Crippen LogP contribution in [0, 0.1) is 0 Å². The van der Waals surface area contributed by atoms with Gasteiger partial charge in [-0.3, -0.25) is 9.69 Å². The number of nitrogens with one attached hydrogen (secondary N) is 1. The van der Waals surface area contributed by atoms with Crippen LogP contribution in [-0.4, -0.2) is 75.1 Å². The van der Waals surface area contributed by atoms with E-state index in [9.17, 15) is 9.59 Å². The van der Waals surface area contributed by atoms with E-state index in [-0.39, 0.29) is 5.56 Å². The molecular formula is C31H35ClN6O5. The van der Waals surface area contributed by atoms with Gasteiger partial charge in [0.2, 0.25) is 0 Å². The van der Waals surface area contributed by atoms with Gasteiger partial charge in [0.05, 0.1) is 38.4 Å². The first-order valence-corrected chi connectivity index (χ1v) is 14.2. The van der Waals surface area contributed by atoms with Crippen LogP contribution >= 0.6 is 11.6 Å². The lowest BCUT2D eigenvalue weighted by atomic mass is 10.1. The van der Waals surface area contributed by atoms with Crippen molar-refractivity contribution >= 4 is 39.9 Å². The summed E-state index contributed by atoms with van der Waals surface area (Å²) in [6.45, 7) is 4.58. The molecule has 3 aromatic carbocycles. The number of benzene rings is 3. The third-order valence-electron chi connectivity index (χ3n) is 7.57. The van der Waals surface area contributed by atoms with Crippen molar-refractivity contribution in [3.05, 3.63) is 81.9 Å². The van der Waals surface area contributed by atoms with E-state index in [0.717, 1.165) is 13.1 Å². The van der Waals surface area contributed by atoms with Crippen molar-refractivity contribution in [2.24, 2.45) is 0 Å². The molecule has 4 aromatic rings. The van der Waals surface area contributed by atoms with Gasteiger partial charge in [0.25, 0.3) is 5.56 Å². The number of anilines is 2. The van der Waals surface area contributed by atoms with Crippen LogP contribution in [0.25, 0.3) is 10.9 Å². The van der Waals surface area contributed by atoms with Gasteiger partial charge in [-0.15, -0.1) is 0 Å². The quantitative estimate of drug-likeness (QED) is 0.306. The Morgan fingerprint density at radius 3 is 2.30 bits per heavy atom. The number of halogens is 1. The number of likely N-dealkylation sites (N-methyl/N-ethyl adjacent to an activating group) is 1. The first kappa shape index (κ1) is 30.0. The molecule has 11 nitrogen and oxygen atoms in total. The highest BCUT2D eigenvalue weighted by atomic mass is 35.5. The Balaban J connectivity index is 1.71. The molecule has 0 saturated carbocycles. The maximum Gasteiger partial charge on any atom is 0.327 e. The van der Waals surface area contributed by atoms with E-state index >= 15 is 0 Å². The third-order valence-corrected chi connectivity index (χ3v) is 7.82. The Morgan fingerprint density at radius 2 is 1.65 bits per heavy atom. The van der Waals surface area contributed by atoms with E-state index in [4.69, 9.17) is 30.8 Å². The molecule has 2 amide bonds. The zero-order valence-corrected chi connectivity index (χ0v) is 25.6. The van der Waals surface area contributed by atoms with Crippen molar-refractivity contribution in [1.82, 2.24) is 14.6 Å². The highest BCUT2D eigenvalue weighted by molar-refractivity contribution is 6.30. The molecule has 0 spiro atoms. The van der Waals surface area contributed by atoms with Crippen molar-refractivity contribution in [2.45, 2.75) is 13.0 Å². The third kappa shape index (κ3) is 6.04. The van der Waals surface area contributed by atoms with Gasteiger partial charge in [-0.05, 0) is 62.5 Å². The molecule has 5 rings (SSSR count). The number of hydrogen-bond donors (Lipinski definition) is 1. The summed E-state index contributed by atoms with van der Waals surface area (Å²) in [7, 11) is 6.67. The number of rotatable bonds is 8. The number of aromatic nitrogens is 2. The number of fused-ring (bicyclic) bond motifs is 1. The molecule has 0 radical (unpaired) electrons. The van der Waals surface area contributed by atoms with E-state index in [1.54, 1.807) is 79.6 Å². The second-order valence-electron chi connectivity index (χ2n) is 10.2. The molecule has 12 heteroatoms. The van der Waals surface area contributed by atoms with Crippen LogP contribution in [0.4, 0.5) is 16.2 Å². The topological polar surface area (TPSA) is 101 Å². The van der Waals surface area contributed by atoms with Gasteiger partial charge in [0, 0.05) is 43.0 Å². The lowest BCUT2D eigenvalue weighted by molar-refractivity contribution is 0.253. The van der Waals surface area contributed by atoms with Gasteiger partial charge in [-0.25, -0.2) is 14.5 Å². The van der Waals surface area contributed by atoms with Crippen molar-refractivity contribution in [3.63, 3.8) is 0 Å². The standard InChI is InChI=1S/C31H35ClN6O5/c1-20(29-34-28-24(7-6-8-26(28)42-4)30(39)38(29)36-17-15-35(2)16-18-36)37(25-14-13-23(41-3)19-27(25)43-5)31(40)33-22-11-9-21(32)10-12-22/h6-14,19-20H,15-18H2,1-5H3,(H,33,40). The molecule has 1 aliphatic heterocycles. The number of amides is 2. The van der Waals surface area contributed by atoms with Crippen molar-refractivity contribution in [2.75, 3.05) is 69.8 Å². The predicted octanol–water partition coefficient (Wildman–Crippen LogP) is 4.76. The molecule has 1 unspecified atom stereocenters. The summed E-state index contributed by atoms with van der Waals surface area (Å²) in [5.41, 5.74) is 1.18. The number of hydrogen-bond acceptors (Lipinski definition) is 8. The van der Waals surface area contributed by atoms with Gasteiger partial charge < -0.3 is 29.4 Å². The summed E-state index contributed by atoms with van der Waals surface area (Å²) in [6.07, 6.45) is 0. The van der Waals surface area contributed by atoms with Gasteiger partial charge in [0.15, 0.2) is 5.82 Å². The van der Waals surface area contributed by atoms with Crippen LogP contribution in [0.3, 0.4) is 0 Å². The fourth-order valence-corrected chi connectivity index (χ4v) is 5.33. The molecule has 2 heterocycles. The average molecular weight is 607 g/mol. The minimum Gasteiger partial charge on any atom is -0.497 e. The second kappa shape index (κ2) is 12.8. The number of para-hydroxylation sites is 1. The zero-order valence-electron chi connectivity index (χ0n) is 24.8. The van der Waals surface area contributed by atoms with E-state index in [2.05, 4.69) is 10.2 Å². The number of nitrogens with zero attached hydrogens (tertiary/aromatic N) is 5. The van der Waals surface area contributed by atoms with E-state index in [1.807, 2.05) is 19.0 Å². The second-order valence-corrected chi connectivity index (χ2v) is 10.7. The monoisotopic (exact) mass is 606 g/mol. The van der Waals surface area contributed by atoms with Crippen LogP contribution in [-0.2, 0) is 0 Å². The summed E-state index contributed by atoms with van der Waals surface area (Å²) in [4.78, 5) is 37.1. The molecule has 1 N–H and O–H groups in total. The minimum atomic E-state index is -0.753. The molecule has 0 aliphatic carbocycles. The number of carbonyl (C=O) groups is 1. The molecule has 0 bridgehead atoms. The van der Waals surface area contributed by atoms with Gasteiger partial charge in [-0.1, -0.05) is 17.7 Å². The molecule has 1 atom stereocenters. The predicted molar refractivity (Wildman–Crippen MR) is 169 cm³/mol. The summed E-state index contributed by atoms with van der Waals surface area (Å²) >= 11 is 6.08. The first-order chi connectivity index (χ1) is 20.7. The van der Waals surface area contributed by atoms with Crippen LogP contribution in [0.5, 0.6) is 17.2 Å². The summed E-state index contributed by atoms with van der Waals surface area (Å²) in [5.74, 6) is 1.81. The van der Waals surface area contributed by atoms with Gasteiger partial charge in [0.1, 0.15) is 22.8 Å². The van der Waals surface area contributed by atoms with Gasteiger partial charge >= 0.3 is 6.03 Å². The van der Waals surface area contributed by atoms with E-state index in [0.29, 0.717) is 63.5 Å². The largest absolute Gasteiger partial charge is 0.497 e. The van der Waals surface area contributed by atoms with Crippen LogP contribution in [0.1, 0.15) is 18.8 Å². The Morgan fingerprint density at radius 1 is 0.953 bits per heavy atom. The van der Waals surface area contributed by atoms with Crippen molar-refractivity contribution < 1.29 is 19.0 Å². The highest BCUT2D eigenvalue weighted by Gasteiger charge is 2.32. The zero-order chi connectivity index (χ0) is 30.7. The number of urea groups is 1. The number of piperazine rings is 1. The minimum absolute atomic E-state index is 0.241. The van der Waals surface area contributed by atoms with E-state index in [1.165, 1.54) is 12.0 Å². The van der Waals surface area contributed by atoms with Gasteiger partial charge in [-0.2, -0.15) is 0 Å². The first-order valence-electron chi connectivity index (χ1n) is 13.9. The van der Waals surface area contributed by atoms with Crippen molar-refractivity contribution in [3.8, 4) is 17.2 Å². The van der Waals surface area contributed by atoms with Crippen LogP contribution < -0.4 is 35.0 Å². The summed E-state index contributed by atoms with van der Waals surface area (Å²) in [6, 6.07) is 16.1. The number of methoxy groups -OCH3 is 3. The molecule has 1 fully saturated rings. The van der Waals surface area contributed by atoms with E-state index < -0.39 is 12.1 Å². The fraction of sp³-hybridized carbons (Fsp3) is 0.323. The Hall–Kier alpha value is -4.48. The Labute approximate surface area is 255 Å². The number of carbonyl (C=O) groups excluding carboxylic acids is 1. The lowest BCUT2D eigenvalue weighted by Gasteiger charge is -2.38. The molecule has 1 aromatic heterocycles. The Bertz CT molecular complexity index is 1670. The smallest absolute Gasteiger partial charge is 0.327 e.